The van der Waals surface area contributed by atoms with Gasteiger partial charge in [0.15, 0.2) is 0 Å². The maximum atomic E-state index is 6.34. The van der Waals surface area contributed by atoms with Gasteiger partial charge in [0.05, 0.1) is 0 Å². The van der Waals surface area contributed by atoms with Gasteiger partial charge in [-0.1, -0.05) is 24.3 Å². The number of fused-ring (bicyclic) bond motifs is 1. The van der Waals surface area contributed by atoms with Gasteiger partial charge in [0.2, 0.25) is 0 Å². The minimum Gasteiger partial charge on any atom is -0.324 e. The van der Waals surface area contributed by atoms with Crippen molar-refractivity contribution in [2.24, 2.45) is 5.73 Å². The molecule has 0 fully saturated rings. The zero-order valence-corrected chi connectivity index (χ0v) is 10.7. The number of thiophene rings is 1. The van der Waals surface area contributed by atoms with Crippen LogP contribution in [0.25, 0.3) is 10.8 Å². The lowest BCUT2D eigenvalue weighted by Gasteiger charge is -2.13. The summed E-state index contributed by atoms with van der Waals surface area (Å²) in [6.45, 7) is 0. The molecule has 3 aromatic rings. The minimum absolute atomic E-state index is 0.0368. The van der Waals surface area contributed by atoms with Crippen molar-refractivity contribution >= 4 is 22.1 Å². The van der Waals surface area contributed by atoms with Gasteiger partial charge < -0.3 is 5.73 Å². The van der Waals surface area contributed by atoms with E-state index in [0.717, 1.165) is 11.8 Å². The van der Waals surface area contributed by atoms with Crippen LogP contribution in [0, 0.1) is 0 Å². The van der Waals surface area contributed by atoms with Crippen LogP contribution in [0.1, 0.15) is 16.5 Å². The second kappa shape index (κ2) is 4.88. The predicted octanol–water partition coefficient (Wildman–Crippen LogP) is 3.54. The van der Waals surface area contributed by atoms with Crippen LogP contribution in [-0.2, 0) is 6.42 Å². The number of pyridine rings is 1. The van der Waals surface area contributed by atoms with Crippen molar-refractivity contribution in [2.75, 3.05) is 0 Å². The summed E-state index contributed by atoms with van der Waals surface area (Å²) in [5.74, 6) is 0. The van der Waals surface area contributed by atoms with Crippen molar-refractivity contribution in [3.05, 3.63) is 64.6 Å². The molecule has 1 aromatic carbocycles. The number of nitrogens with two attached hydrogens (primary N) is 1. The van der Waals surface area contributed by atoms with Gasteiger partial charge in [0, 0.05) is 35.1 Å². The fourth-order valence-electron chi connectivity index (χ4n) is 2.23. The Morgan fingerprint density at radius 2 is 2.11 bits per heavy atom. The summed E-state index contributed by atoms with van der Waals surface area (Å²) in [6, 6.07) is 12.5. The monoisotopic (exact) mass is 254 g/mol. The fourth-order valence-corrected chi connectivity index (χ4v) is 2.99. The van der Waals surface area contributed by atoms with Crippen LogP contribution in [0.4, 0.5) is 0 Å². The Morgan fingerprint density at radius 1 is 1.17 bits per heavy atom. The average Bonchev–Trinajstić information content (AvgIpc) is 2.91. The lowest BCUT2D eigenvalue weighted by Crippen LogP contribution is -2.13. The van der Waals surface area contributed by atoms with Gasteiger partial charge in [-0.2, -0.15) is 0 Å². The Labute approximate surface area is 110 Å². The molecule has 0 radical (unpaired) electrons. The van der Waals surface area contributed by atoms with Crippen LogP contribution < -0.4 is 5.73 Å². The third-order valence-corrected chi connectivity index (χ3v) is 4.01. The number of hydrogen-bond acceptors (Lipinski definition) is 3. The van der Waals surface area contributed by atoms with E-state index >= 15 is 0 Å². The van der Waals surface area contributed by atoms with Crippen molar-refractivity contribution in [1.29, 1.82) is 0 Å². The summed E-state index contributed by atoms with van der Waals surface area (Å²) in [6.07, 6.45) is 4.60. The van der Waals surface area contributed by atoms with Crippen LogP contribution in [0.5, 0.6) is 0 Å². The maximum absolute atomic E-state index is 6.34. The van der Waals surface area contributed by atoms with Crippen LogP contribution in [0.15, 0.2) is 54.2 Å². The summed E-state index contributed by atoms with van der Waals surface area (Å²) in [7, 11) is 0. The van der Waals surface area contributed by atoms with E-state index in [1.54, 1.807) is 11.3 Å². The predicted molar refractivity (Wildman–Crippen MR) is 76.7 cm³/mol. The van der Waals surface area contributed by atoms with E-state index < -0.39 is 0 Å². The first-order chi connectivity index (χ1) is 8.84. The molecule has 0 saturated heterocycles. The SMILES string of the molecule is NC(Cc1cccs1)c1cccc2cnccc12. The molecule has 0 saturated carbocycles. The number of nitrogens with zero attached hydrogens (tertiary/aromatic N) is 1. The number of benzene rings is 1. The molecule has 3 rings (SSSR count). The van der Waals surface area contributed by atoms with Crippen molar-refractivity contribution in [3.63, 3.8) is 0 Å². The molecule has 3 heteroatoms. The van der Waals surface area contributed by atoms with E-state index in [2.05, 4.69) is 34.6 Å². The molecule has 2 N–H and O–H groups in total. The van der Waals surface area contributed by atoms with Gasteiger partial charge >= 0.3 is 0 Å². The molecule has 2 heterocycles. The molecule has 0 amide bonds. The molecule has 1 atom stereocenters. The van der Waals surface area contributed by atoms with Crippen molar-refractivity contribution in [2.45, 2.75) is 12.5 Å². The Bertz CT molecular complexity index is 641. The molecule has 0 aliphatic carbocycles. The second-order valence-electron chi connectivity index (χ2n) is 4.33. The summed E-state index contributed by atoms with van der Waals surface area (Å²) in [5, 5.41) is 4.45. The molecule has 1 unspecified atom stereocenters. The highest BCUT2D eigenvalue weighted by molar-refractivity contribution is 7.09. The first kappa shape index (κ1) is 11.4. The van der Waals surface area contributed by atoms with Gasteiger partial charge in [0.25, 0.3) is 0 Å². The van der Waals surface area contributed by atoms with Crippen molar-refractivity contribution in [1.82, 2.24) is 4.98 Å². The van der Waals surface area contributed by atoms with E-state index in [0.29, 0.717) is 0 Å². The Balaban J connectivity index is 1.98. The van der Waals surface area contributed by atoms with Crippen molar-refractivity contribution < 1.29 is 0 Å². The molecule has 0 aliphatic rings. The first-order valence-electron chi connectivity index (χ1n) is 5.95. The smallest absolute Gasteiger partial charge is 0.0349 e. The molecule has 2 aromatic heterocycles. The maximum Gasteiger partial charge on any atom is 0.0349 e. The third kappa shape index (κ3) is 2.15. The van der Waals surface area contributed by atoms with E-state index in [1.165, 1.54) is 15.8 Å². The average molecular weight is 254 g/mol. The minimum atomic E-state index is 0.0368. The fraction of sp³-hybridized carbons (Fsp3) is 0.133. The van der Waals surface area contributed by atoms with Crippen LogP contribution in [0.2, 0.25) is 0 Å². The van der Waals surface area contributed by atoms with Crippen LogP contribution >= 0.6 is 11.3 Å². The largest absolute Gasteiger partial charge is 0.324 e. The molecule has 0 aliphatic heterocycles. The van der Waals surface area contributed by atoms with Crippen LogP contribution in [0.3, 0.4) is 0 Å². The number of aromatic nitrogens is 1. The molecular weight excluding hydrogens is 240 g/mol. The highest BCUT2D eigenvalue weighted by Crippen LogP contribution is 2.25. The molecular formula is C15H14N2S. The lowest BCUT2D eigenvalue weighted by molar-refractivity contribution is 0.736. The standard InChI is InChI=1S/C15H14N2S/c16-15(9-12-4-2-8-18-12)14-5-1-3-11-10-17-7-6-13(11)14/h1-8,10,15H,9,16H2. The quantitative estimate of drug-likeness (QED) is 0.776. The van der Waals surface area contributed by atoms with E-state index in [1.807, 2.05) is 24.5 Å². The van der Waals surface area contributed by atoms with E-state index in [4.69, 9.17) is 5.73 Å². The topological polar surface area (TPSA) is 38.9 Å². The van der Waals surface area contributed by atoms with E-state index in [-0.39, 0.29) is 6.04 Å². The summed E-state index contributed by atoms with van der Waals surface area (Å²) in [5.41, 5.74) is 7.54. The van der Waals surface area contributed by atoms with Crippen LogP contribution in [-0.4, -0.2) is 4.98 Å². The Kier molecular flexibility index (Phi) is 3.09. The molecule has 2 nitrogen and oxygen atoms in total. The summed E-state index contributed by atoms with van der Waals surface area (Å²) >= 11 is 1.76. The third-order valence-electron chi connectivity index (χ3n) is 3.12. The van der Waals surface area contributed by atoms with Gasteiger partial charge in [-0.25, -0.2) is 0 Å². The summed E-state index contributed by atoms with van der Waals surface area (Å²) in [4.78, 5) is 5.48. The molecule has 0 spiro atoms. The van der Waals surface area contributed by atoms with Gasteiger partial charge in [-0.15, -0.1) is 11.3 Å². The molecule has 0 bridgehead atoms. The lowest BCUT2D eigenvalue weighted by atomic mass is 9.98. The van der Waals surface area contributed by atoms with E-state index in [9.17, 15) is 0 Å². The highest BCUT2D eigenvalue weighted by atomic mass is 32.1. The Morgan fingerprint density at radius 3 is 2.94 bits per heavy atom. The second-order valence-corrected chi connectivity index (χ2v) is 5.37. The number of hydrogen-bond donors (Lipinski definition) is 1. The zero-order chi connectivity index (χ0) is 12.4. The molecule has 90 valence electrons. The zero-order valence-electron chi connectivity index (χ0n) is 9.91. The van der Waals surface area contributed by atoms with Crippen molar-refractivity contribution in [3.8, 4) is 0 Å². The number of rotatable bonds is 3. The highest BCUT2D eigenvalue weighted by Gasteiger charge is 2.10. The normalized spacial score (nSPS) is 12.7. The molecule has 18 heavy (non-hydrogen) atoms. The van der Waals surface area contributed by atoms with Gasteiger partial charge in [-0.05, 0) is 28.5 Å². The van der Waals surface area contributed by atoms with Gasteiger partial charge in [0.1, 0.15) is 0 Å². The Hall–Kier alpha value is -1.71. The summed E-state index contributed by atoms with van der Waals surface area (Å²) < 4.78 is 0. The first-order valence-corrected chi connectivity index (χ1v) is 6.83. The van der Waals surface area contributed by atoms with Gasteiger partial charge in [-0.3, -0.25) is 4.98 Å².